The molecule has 3 aliphatic rings. The van der Waals surface area contributed by atoms with Gasteiger partial charge in [0.15, 0.2) is 0 Å². The van der Waals surface area contributed by atoms with Gasteiger partial charge in [-0.2, -0.15) is 0 Å². The fourth-order valence-corrected chi connectivity index (χ4v) is 6.70. The van der Waals surface area contributed by atoms with Crippen molar-refractivity contribution in [2.75, 3.05) is 26.3 Å². The van der Waals surface area contributed by atoms with Crippen LogP contribution in [0.2, 0.25) is 0 Å². The number of allylic oxidation sites excluding steroid dienone is 1. The smallest absolute Gasteiger partial charge is 0.312 e. The van der Waals surface area contributed by atoms with E-state index < -0.39 is 41.1 Å². The summed E-state index contributed by atoms with van der Waals surface area (Å²) in [5, 5.41) is 10.0. The van der Waals surface area contributed by atoms with Gasteiger partial charge in [0.1, 0.15) is 17.6 Å². The van der Waals surface area contributed by atoms with Crippen molar-refractivity contribution in [3.8, 4) is 0 Å². The van der Waals surface area contributed by atoms with Crippen molar-refractivity contribution in [2.45, 2.75) is 95.9 Å². The minimum atomic E-state index is -1.14. The van der Waals surface area contributed by atoms with Crippen molar-refractivity contribution in [3.63, 3.8) is 0 Å². The van der Waals surface area contributed by atoms with E-state index in [1.807, 2.05) is 19.9 Å². The molecule has 0 aliphatic carbocycles. The molecular formula is C29H46N2O6. The third-order valence-electron chi connectivity index (χ3n) is 8.72. The number of aliphatic hydroxyl groups excluding tert-OH is 1. The Labute approximate surface area is 222 Å². The normalized spacial score (nSPS) is 32.8. The van der Waals surface area contributed by atoms with Gasteiger partial charge in [0.25, 0.3) is 0 Å². The van der Waals surface area contributed by atoms with E-state index in [1.165, 1.54) is 4.90 Å². The number of fused-ring (bicyclic) bond motifs is 1. The van der Waals surface area contributed by atoms with Crippen LogP contribution in [-0.4, -0.2) is 82.3 Å². The summed E-state index contributed by atoms with van der Waals surface area (Å²) in [5.41, 5.74) is -2.04. The molecule has 37 heavy (non-hydrogen) atoms. The minimum Gasteiger partial charge on any atom is -0.465 e. The summed E-state index contributed by atoms with van der Waals surface area (Å²) in [6.45, 7) is 16.2. The maximum Gasteiger partial charge on any atom is 0.312 e. The number of ether oxygens (including phenoxy) is 2. The summed E-state index contributed by atoms with van der Waals surface area (Å²) >= 11 is 0. The van der Waals surface area contributed by atoms with Crippen LogP contribution in [0.1, 0.15) is 72.6 Å². The molecule has 208 valence electrons. The van der Waals surface area contributed by atoms with E-state index in [0.717, 1.165) is 32.1 Å². The maximum atomic E-state index is 14.2. The van der Waals surface area contributed by atoms with Gasteiger partial charge in [-0.05, 0) is 51.9 Å². The van der Waals surface area contributed by atoms with E-state index in [2.05, 4.69) is 20.1 Å². The van der Waals surface area contributed by atoms with Crippen molar-refractivity contribution in [2.24, 2.45) is 17.8 Å². The Bertz CT molecular complexity index is 876. The molecule has 8 nitrogen and oxygen atoms in total. The second-order valence-electron chi connectivity index (χ2n) is 11.2. The third kappa shape index (κ3) is 5.11. The Morgan fingerprint density at radius 1 is 1.27 bits per heavy atom. The number of unbranched alkanes of at least 4 members (excludes halogenated alkanes) is 4. The number of aliphatic hydroxyl groups is 1. The van der Waals surface area contributed by atoms with Gasteiger partial charge in [0, 0.05) is 13.1 Å². The molecular weight excluding hydrogens is 472 g/mol. The first-order chi connectivity index (χ1) is 17.6. The van der Waals surface area contributed by atoms with E-state index in [-0.39, 0.29) is 30.9 Å². The van der Waals surface area contributed by atoms with Crippen LogP contribution in [0.4, 0.5) is 0 Å². The molecule has 8 heteroatoms. The molecule has 0 aromatic heterocycles. The number of carbonyl (C=O) groups excluding carboxylic acids is 3. The van der Waals surface area contributed by atoms with Crippen LogP contribution in [0, 0.1) is 17.8 Å². The number of amides is 2. The molecule has 2 amide bonds. The highest BCUT2D eigenvalue weighted by Crippen LogP contribution is 2.65. The molecule has 3 fully saturated rings. The molecule has 3 heterocycles. The fraction of sp³-hybridized carbons (Fsp3) is 0.759. The minimum absolute atomic E-state index is 0.0532. The predicted octanol–water partition coefficient (Wildman–Crippen LogP) is 3.48. The molecule has 0 saturated carbocycles. The van der Waals surface area contributed by atoms with Gasteiger partial charge in [0.05, 0.1) is 30.8 Å². The van der Waals surface area contributed by atoms with E-state index in [4.69, 9.17) is 9.47 Å². The van der Waals surface area contributed by atoms with Crippen LogP contribution < -0.4 is 0 Å². The monoisotopic (exact) mass is 518 g/mol. The first kappa shape index (κ1) is 29.4. The molecule has 7 atom stereocenters. The largest absolute Gasteiger partial charge is 0.465 e. The first-order valence-corrected chi connectivity index (χ1v) is 13.9. The van der Waals surface area contributed by atoms with Crippen LogP contribution in [0.5, 0.6) is 0 Å². The third-order valence-corrected chi connectivity index (χ3v) is 8.72. The molecule has 0 aromatic carbocycles. The van der Waals surface area contributed by atoms with Gasteiger partial charge in [-0.25, -0.2) is 0 Å². The lowest BCUT2D eigenvalue weighted by atomic mass is 9.62. The lowest BCUT2D eigenvalue weighted by Crippen LogP contribution is -2.58. The van der Waals surface area contributed by atoms with E-state index in [0.29, 0.717) is 25.9 Å². The number of hydrogen-bond donors (Lipinski definition) is 1. The highest BCUT2D eigenvalue weighted by Gasteiger charge is 2.80. The maximum absolute atomic E-state index is 14.2. The van der Waals surface area contributed by atoms with Crippen molar-refractivity contribution >= 4 is 17.8 Å². The Kier molecular flexibility index (Phi) is 9.62. The van der Waals surface area contributed by atoms with E-state index in [9.17, 15) is 19.5 Å². The zero-order chi connectivity index (χ0) is 27.4. The number of carbonyl (C=O) groups is 3. The SMILES string of the molecule is C=CCCCCOC(=O)[C@@H]1[C@H]2C(=O)N([C@H](C)CO)C(C(=O)N(CC=C)CCCCC)C23CC(C)[C@@]1(C)O3. The molecule has 3 rings (SSSR count). The zero-order valence-electron chi connectivity index (χ0n) is 23.1. The average molecular weight is 519 g/mol. The lowest BCUT2D eigenvalue weighted by molar-refractivity contribution is -0.163. The first-order valence-electron chi connectivity index (χ1n) is 13.9. The quantitative estimate of drug-likeness (QED) is 0.203. The number of likely N-dealkylation sites (tertiary alicyclic amines) is 1. The average Bonchev–Trinajstić information content (AvgIpc) is 3.39. The van der Waals surface area contributed by atoms with Gasteiger partial charge < -0.3 is 24.4 Å². The van der Waals surface area contributed by atoms with Crippen LogP contribution in [0.25, 0.3) is 0 Å². The summed E-state index contributed by atoms with van der Waals surface area (Å²) in [4.78, 5) is 44.9. The van der Waals surface area contributed by atoms with Crippen molar-refractivity contribution < 1.29 is 29.0 Å². The summed E-state index contributed by atoms with van der Waals surface area (Å²) in [6, 6.07) is -1.51. The zero-order valence-corrected chi connectivity index (χ0v) is 23.1. The van der Waals surface area contributed by atoms with Crippen molar-refractivity contribution in [1.29, 1.82) is 0 Å². The summed E-state index contributed by atoms with van der Waals surface area (Å²) in [7, 11) is 0. The molecule has 3 aliphatic heterocycles. The molecule has 0 radical (unpaired) electrons. The van der Waals surface area contributed by atoms with Gasteiger partial charge in [-0.1, -0.05) is 38.8 Å². The highest BCUT2D eigenvalue weighted by atomic mass is 16.6. The number of hydrogen-bond acceptors (Lipinski definition) is 6. The van der Waals surface area contributed by atoms with Crippen molar-refractivity contribution in [1.82, 2.24) is 9.80 Å². The Morgan fingerprint density at radius 2 is 2.00 bits per heavy atom. The van der Waals surface area contributed by atoms with Crippen molar-refractivity contribution in [3.05, 3.63) is 25.3 Å². The summed E-state index contributed by atoms with van der Waals surface area (Å²) in [5.74, 6) is -2.63. The Balaban J connectivity index is 1.97. The predicted molar refractivity (Wildman–Crippen MR) is 141 cm³/mol. The van der Waals surface area contributed by atoms with Crippen LogP contribution in [-0.2, 0) is 23.9 Å². The number of esters is 1. The topological polar surface area (TPSA) is 96.4 Å². The molecule has 1 spiro atoms. The molecule has 0 aromatic rings. The van der Waals surface area contributed by atoms with Crippen LogP contribution >= 0.6 is 0 Å². The Hall–Kier alpha value is -2.19. The van der Waals surface area contributed by atoms with Gasteiger partial charge >= 0.3 is 5.97 Å². The second kappa shape index (κ2) is 12.1. The second-order valence-corrected chi connectivity index (χ2v) is 11.2. The molecule has 3 unspecified atom stereocenters. The standard InChI is InChI=1S/C29H46N2O6/c1-7-10-12-14-17-36-27(35)23-22-25(33)31(21(5)19-32)24(29(22)18-20(4)28(23,6)37-29)26(34)30(15-9-3)16-13-11-8-2/h7,9,20-24,32H,1,3,8,10-19H2,2,4-6H3/t20?,21-,22+,23+,24?,28-,29?/m1/s1. The summed E-state index contributed by atoms with van der Waals surface area (Å²) in [6.07, 6.45) is 9.30. The molecule has 1 N–H and O–H groups in total. The summed E-state index contributed by atoms with van der Waals surface area (Å²) < 4.78 is 12.4. The lowest BCUT2D eigenvalue weighted by Gasteiger charge is -2.38. The van der Waals surface area contributed by atoms with Gasteiger partial charge in [0.2, 0.25) is 11.8 Å². The molecule has 3 saturated heterocycles. The number of rotatable bonds is 15. The number of nitrogens with zero attached hydrogens (tertiary/aromatic N) is 2. The fourth-order valence-electron chi connectivity index (χ4n) is 6.70. The molecule has 2 bridgehead atoms. The van der Waals surface area contributed by atoms with Crippen LogP contribution in [0.15, 0.2) is 25.3 Å². The Morgan fingerprint density at radius 3 is 2.62 bits per heavy atom. The van der Waals surface area contributed by atoms with E-state index >= 15 is 0 Å². The van der Waals surface area contributed by atoms with Gasteiger partial charge in [-0.15, -0.1) is 13.2 Å². The highest BCUT2D eigenvalue weighted by molar-refractivity contribution is 5.98. The van der Waals surface area contributed by atoms with E-state index in [1.54, 1.807) is 17.9 Å². The van der Waals surface area contributed by atoms with Crippen LogP contribution in [0.3, 0.4) is 0 Å². The van der Waals surface area contributed by atoms with Gasteiger partial charge in [-0.3, -0.25) is 14.4 Å².